The lowest BCUT2D eigenvalue weighted by molar-refractivity contribution is -0.140. The molecule has 3 amide bonds. The Hall–Kier alpha value is -3.04. The van der Waals surface area contributed by atoms with Crippen LogP contribution in [0, 0.1) is 0 Å². The normalized spacial score (nSPS) is 17.0. The van der Waals surface area contributed by atoms with Crippen LogP contribution in [0.25, 0.3) is 0 Å². The van der Waals surface area contributed by atoms with Crippen molar-refractivity contribution in [1.82, 2.24) is 15.5 Å². The Morgan fingerprint density at radius 2 is 1.94 bits per heavy atom. The average molecular weight is 528 g/mol. The molecule has 1 saturated heterocycles. The van der Waals surface area contributed by atoms with E-state index in [-0.39, 0.29) is 27.9 Å². The van der Waals surface area contributed by atoms with Gasteiger partial charge in [-0.25, -0.2) is 18.1 Å². The molecule has 3 N–H and O–H groups in total. The molecular weight excluding hydrogens is 506 g/mol. The van der Waals surface area contributed by atoms with Gasteiger partial charge in [0.15, 0.2) is 0 Å². The van der Waals surface area contributed by atoms with Crippen LogP contribution >= 0.6 is 23.1 Å². The minimum atomic E-state index is -3.95. The third kappa shape index (κ3) is 5.90. The van der Waals surface area contributed by atoms with E-state index < -0.39 is 45.0 Å². The first-order chi connectivity index (χ1) is 16.0. The summed E-state index contributed by atoms with van der Waals surface area (Å²) in [6.07, 6.45) is 0.476. The van der Waals surface area contributed by atoms with Crippen molar-refractivity contribution in [1.29, 1.82) is 0 Å². The topological polar surface area (TPSA) is 176 Å². The van der Waals surface area contributed by atoms with Gasteiger partial charge < -0.3 is 10.4 Å². The highest BCUT2D eigenvalue weighted by molar-refractivity contribution is 8.00. The zero-order valence-corrected chi connectivity index (χ0v) is 20.5. The highest BCUT2D eigenvalue weighted by Gasteiger charge is 2.40. The molecule has 182 valence electrons. The number of hydrogen-bond donors (Lipinski definition) is 3. The molecule has 0 spiro atoms. The monoisotopic (exact) mass is 527 g/mol. The van der Waals surface area contributed by atoms with Crippen LogP contribution in [0.3, 0.4) is 0 Å². The molecule has 1 aliphatic rings. The van der Waals surface area contributed by atoms with E-state index in [0.717, 1.165) is 28.0 Å². The van der Waals surface area contributed by atoms with Crippen molar-refractivity contribution in [3.05, 3.63) is 29.3 Å². The van der Waals surface area contributed by atoms with E-state index in [1.54, 1.807) is 0 Å². The lowest BCUT2D eigenvalue weighted by Gasteiger charge is -2.17. The van der Waals surface area contributed by atoms with Gasteiger partial charge in [-0.15, -0.1) is 22.0 Å². The Morgan fingerprint density at radius 1 is 1.26 bits per heavy atom. The lowest BCUT2D eigenvalue weighted by Crippen LogP contribution is -2.42. The van der Waals surface area contributed by atoms with E-state index >= 15 is 0 Å². The van der Waals surface area contributed by atoms with Crippen molar-refractivity contribution in [2.45, 2.75) is 42.9 Å². The number of aliphatic carboxylic acids is 1. The number of carboxylic acids is 1. The fraction of sp³-hybridized carbons (Fsp3) is 0.368. The van der Waals surface area contributed by atoms with Gasteiger partial charge in [-0.05, 0) is 30.7 Å². The number of anilines is 2. The fourth-order valence-corrected chi connectivity index (χ4v) is 6.09. The van der Waals surface area contributed by atoms with Gasteiger partial charge in [0.25, 0.3) is 10.0 Å². The largest absolute Gasteiger partial charge is 0.480 e. The second-order valence-corrected chi connectivity index (χ2v) is 11.1. The Bertz CT molecular complexity index is 1210. The number of aromatic nitrogens is 2. The highest BCUT2D eigenvalue weighted by atomic mass is 32.2. The van der Waals surface area contributed by atoms with Crippen molar-refractivity contribution in [3.8, 4) is 0 Å². The first-order valence-corrected chi connectivity index (χ1v) is 13.3. The number of amides is 3. The van der Waals surface area contributed by atoms with Crippen LogP contribution in [0.4, 0.5) is 10.8 Å². The zero-order chi connectivity index (χ0) is 25.0. The third-order valence-corrected chi connectivity index (χ3v) is 8.40. The minimum absolute atomic E-state index is 0.0888. The van der Waals surface area contributed by atoms with Gasteiger partial charge in [0.1, 0.15) is 11.0 Å². The maximum Gasteiger partial charge on any atom is 0.327 e. The summed E-state index contributed by atoms with van der Waals surface area (Å²) in [6, 6.07) is 4.01. The molecule has 2 atom stereocenters. The van der Waals surface area contributed by atoms with Gasteiger partial charge in [0.2, 0.25) is 22.9 Å². The second-order valence-electron chi connectivity index (χ2n) is 7.14. The first kappa shape index (κ1) is 25.6. The molecule has 3 rings (SSSR count). The fourth-order valence-electron chi connectivity index (χ4n) is 3.02. The Balaban J connectivity index is 1.69. The Kier molecular flexibility index (Phi) is 7.89. The maximum atomic E-state index is 12.8. The summed E-state index contributed by atoms with van der Waals surface area (Å²) in [5.41, 5.74) is 0.192. The maximum absolute atomic E-state index is 12.8. The van der Waals surface area contributed by atoms with Crippen molar-refractivity contribution < 1.29 is 32.7 Å². The number of benzene rings is 1. The van der Waals surface area contributed by atoms with Crippen LogP contribution in [0.15, 0.2) is 29.2 Å². The smallest absolute Gasteiger partial charge is 0.327 e. The number of aryl methyl sites for hydroxylation is 1. The summed E-state index contributed by atoms with van der Waals surface area (Å²) in [6.45, 7) is 3.05. The number of rotatable bonds is 10. The molecule has 34 heavy (non-hydrogen) atoms. The van der Waals surface area contributed by atoms with Gasteiger partial charge in [-0.2, -0.15) is 0 Å². The van der Waals surface area contributed by atoms with E-state index in [1.807, 2.05) is 6.92 Å². The Morgan fingerprint density at radius 3 is 2.50 bits per heavy atom. The van der Waals surface area contributed by atoms with Crippen LogP contribution < -0.4 is 14.9 Å². The van der Waals surface area contributed by atoms with Gasteiger partial charge in [0.05, 0.1) is 15.8 Å². The summed E-state index contributed by atoms with van der Waals surface area (Å²) >= 11 is 2.08. The quantitative estimate of drug-likeness (QED) is 0.376. The number of sulfonamides is 1. The number of carbonyl (C=O) groups excluding carboxylic acids is 3. The zero-order valence-electron chi connectivity index (χ0n) is 18.0. The van der Waals surface area contributed by atoms with Crippen LogP contribution in [-0.4, -0.2) is 64.5 Å². The number of nitrogens with one attached hydrogen (secondary N) is 2. The number of thioether (sulfide) groups is 1. The lowest BCUT2D eigenvalue weighted by atomic mass is 10.3. The Labute approximate surface area is 203 Å². The predicted molar refractivity (Wildman–Crippen MR) is 125 cm³/mol. The van der Waals surface area contributed by atoms with Gasteiger partial charge >= 0.3 is 5.97 Å². The first-order valence-electron chi connectivity index (χ1n) is 9.95. The van der Waals surface area contributed by atoms with E-state index in [4.69, 9.17) is 0 Å². The molecule has 0 bridgehead atoms. The van der Waals surface area contributed by atoms with E-state index in [9.17, 15) is 32.7 Å². The molecule has 15 heteroatoms. The molecule has 2 aromatic rings. The van der Waals surface area contributed by atoms with Crippen molar-refractivity contribution in [2.24, 2.45) is 0 Å². The van der Waals surface area contributed by atoms with Gasteiger partial charge in [-0.1, -0.05) is 18.3 Å². The third-order valence-electron chi connectivity index (χ3n) is 4.64. The summed E-state index contributed by atoms with van der Waals surface area (Å²) in [7, 11) is -3.95. The number of nitrogens with zero attached hydrogens (tertiary/aromatic N) is 3. The number of carboxylic acid groups (broad SMARTS) is 1. The molecule has 1 aromatic heterocycles. The summed E-state index contributed by atoms with van der Waals surface area (Å²) in [5.74, 6) is -2.91. The van der Waals surface area contributed by atoms with E-state index in [1.165, 1.54) is 31.2 Å². The van der Waals surface area contributed by atoms with Crippen LogP contribution in [0.5, 0.6) is 0 Å². The van der Waals surface area contributed by atoms with E-state index in [0.29, 0.717) is 11.4 Å². The van der Waals surface area contributed by atoms with Crippen molar-refractivity contribution in [2.75, 3.05) is 15.4 Å². The average Bonchev–Trinajstić information content (AvgIpc) is 3.33. The molecule has 0 radical (unpaired) electrons. The molecule has 2 unspecified atom stereocenters. The van der Waals surface area contributed by atoms with Crippen molar-refractivity contribution >= 4 is 67.6 Å². The van der Waals surface area contributed by atoms with Crippen LogP contribution in [0.1, 0.15) is 25.3 Å². The van der Waals surface area contributed by atoms with Gasteiger partial charge in [-0.3, -0.25) is 19.1 Å². The molecule has 0 saturated carbocycles. The standard InChI is InChI=1S/C19H21N5O7S3/c1-3-15-21-22-19(33-15)23-34(30,31)12-6-4-11(5-7-12)24-16(26)8-14(17(24)27)32-9-13(18(28)29)20-10(2)25/h4-7,13-14H,3,8-9H2,1-2H3,(H,20,25)(H,22,23)(H,28,29). The molecule has 2 heterocycles. The van der Waals surface area contributed by atoms with Crippen LogP contribution in [-0.2, 0) is 35.6 Å². The van der Waals surface area contributed by atoms with Crippen molar-refractivity contribution in [3.63, 3.8) is 0 Å². The summed E-state index contributed by atoms with van der Waals surface area (Å²) in [5, 5.41) is 19.1. The number of hydrogen-bond acceptors (Lipinski definition) is 10. The predicted octanol–water partition coefficient (Wildman–Crippen LogP) is 0.856. The second kappa shape index (κ2) is 10.5. The molecule has 1 aliphatic heterocycles. The SMILES string of the molecule is CCc1nnc(NS(=O)(=O)c2ccc(N3C(=O)CC(SCC(NC(C)=O)C(=O)O)C3=O)cc2)s1. The summed E-state index contributed by atoms with van der Waals surface area (Å²) in [4.78, 5) is 48.5. The molecule has 1 aromatic carbocycles. The van der Waals surface area contributed by atoms with E-state index in [2.05, 4.69) is 20.2 Å². The number of imide groups is 1. The summed E-state index contributed by atoms with van der Waals surface area (Å²) < 4.78 is 27.5. The van der Waals surface area contributed by atoms with Crippen LogP contribution in [0.2, 0.25) is 0 Å². The molecular formula is C19H21N5O7S3. The number of carbonyl (C=O) groups is 4. The minimum Gasteiger partial charge on any atom is -0.480 e. The molecule has 1 fully saturated rings. The highest BCUT2D eigenvalue weighted by Crippen LogP contribution is 2.31. The molecule has 12 nitrogen and oxygen atoms in total. The molecule has 0 aliphatic carbocycles. The van der Waals surface area contributed by atoms with Gasteiger partial charge in [0, 0.05) is 19.1 Å².